The second-order valence-electron chi connectivity index (χ2n) is 10.3. The Morgan fingerprint density at radius 1 is 0.974 bits per heavy atom. The molecule has 0 radical (unpaired) electrons. The maximum absolute atomic E-state index is 6.49. The lowest BCUT2D eigenvalue weighted by atomic mass is 9.62. The molecule has 5 heteroatoms. The molecule has 0 spiro atoms. The molecule has 3 aromatic rings. The van der Waals surface area contributed by atoms with Crippen molar-refractivity contribution in [1.29, 1.82) is 0 Å². The summed E-state index contributed by atoms with van der Waals surface area (Å²) in [4.78, 5) is 7.03. The van der Waals surface area contributed by atoms with Crippen LogP contribution in [0.3, 0.4) is 0 Å². The summed E-state index contributed by atoms with van der Waals surface area (Å²) in [6.45, 7) is 10.4. The summed E-state index contributed by atoms with van der Waals surface area (Å²) in [6, 6.07) is 25.8. The van der Waals surface area contributed by atoms with Crippen molar-refractivity contribution in [1.82, 2.24) is 4.90 Å². The minimum Gasteiger partial charge on any atom is -0.493 e. The van der Waals surface area contributed by atoms with Crippen LogP contribution in [0.4, 0.5) is 0 Å². The number of hydrogen-bond acceptors (Lipinski definition) is 4. The fourth-order valence-corrected chi connectivity index (χ4v) is 6.10. The first-order valence-corrected chi connectivity index (χ1v) is 13.5. The van der Waals surface area contributed by atoms with Crippen LogP contribution in [0.1, 0.15) is 54.4 Å². The Hall–Kier alpha value is -3.73. The van der Waals surface area contributed by atoms with Gasteiger partial charge in [-0.25, -0.2) is 4.99 Å². The average Bonchev–Trinajstić information content (AvgIpc) is 2.94. The Labute approximate surface area is 228 Å². The third-order valence-corrected chi connectivity index (χ3v) is 8.13. The van der Waals surface area contributed by atoms with Gasteiger partial charge in [-0.15, -0.1) is 0 Å². The van der Waals surface area contributed by atoms with E-state index in [0.29, 0.717) is 29.1 Å². The Morgan fingerprint density at radius 2 is 1.55 bits per heavy atom. The van der Waals surface area contributed by atoms with Crippen LogP contribution in [-0.4, -0.2) is 38.0 Å². The Balaban J connectivity index is 1.56. The minimum absolute atomic E-state index is 0.170. The number of nitrogens with zero attached hydrogens (tertiary/aromatic N) is 2. The molecule has 1 saturated heterocycles. The molecule has 38 heavy (non-hydrogen) atoms. The fourth-order valence-electron chi connectivity index (χ4n) is 6.10. The van der Waals surface area contributed by atoms with Gasteiger partial charge in [0, 0.05) is 18.7 Å². The molecule has 1 heterocycles. The molecule has 3 aromatic carbocycles. The Kier molecular flexibility index (Phi) is 8.77. The van der Waals surface area contributed by atoms with Gasteiger partial charge in [0.25, 0.3) is 0 Å². The number of rotatable bonds is 10. The molecule has 1 fully saturated rings. The van der Waals surface area contributed by atoms with Gasteiger partial charge >= 0.3 is 0 Å². The number of nitrogens with two attached hydrogens (primary N) is 1. The van der Waals surface area contributed by atoms with Crippen molar-refractivity contribution in [2.24, 2.45) is 16.1 Å². The van der Waals surface area contributed by atoms with Crippen LogP contribution in [0.15, 0.2) is 90.2 Å². The predicted molar refractivity (Wildman–Crippen MR) is 157 cm³/mol. The molecule has 0 bridgehead atoms. The van der Waals surface area contributed by atoms with Gasteiger partial charge < -0.3 is 20.1 Å². The topological polar surface area (TPSA) is 60.1 Å². The minimum atomic E-state index is 0.170. The monoisotopic (exact) mass is 511 g/mol. The Bertz CT molecular complexity index is 1250. The molecule has 1 aliphatic heterocycles. The molecule has 0 aromatic heterocycles. The highest BCUT2D eigenvalue weighted by molar-refractivity contribution is 6.00. The summed E-state index contributed by atoms with van der Waals surface area (Å²) in [5.41, 5.74) is 11.3. The lowest BCUT2D eigenvalue weighted by Gasteiger charge is -2.47. The average molecular weight is 512 g/mol. The lowest BCUT2D eigenvalue weighted by molar-refractivity contribution is 0.0925. The molecular weight excluding hydrogens is 470 g/mol. The van der Waals surface area contributed by atoms with Crippen LogP contribution >= 0.6 is 0 Å². The number of aliphatic imine (C=N–C) groups is 1. The zero-order valence-corrected chi connectivity index (χ0v) is 23.2. The highest BCUT2D eigenvalue weighted by Crippen LogP contribution is 2.49. The number of benzene rings is 3. The number of aryl methyl sites for hydroxylation is 1. The van der Waals surface area contributed by atoms with Gasteiger partial charge in [0.15, 0.2) is 11.5 Å². The first-order chi connectivity index (χ1) is 18.4. The Morgan fingerprint density at radius 3 is 2.13 bits per heavy atom. The van der Waals surface area contributed by atoms with E-state index in [4.69, 9.17) is 20.2 Å². The van der Waals surface area contributed by atoms with Crippen molar-refractivity contribution in [2.45, 2.75) is 45.4 Å². The van der Waals surface area contributed by atoms with Gasteiger partial charge in [0.2, 0.25) is 0 Å². The van der Waals surface area contributed by atoms with Crippen molar-refractivity contribution >= 4 is 5.84 Å². The van der Waals surface area contributed by atoms with Crippen LogP contribution in [0.5, 0.6) is 11.5 Å². The van der Waals surface area contributed by atoms with Crippen molar-refractivity contribution in [3.8, 4) is 11.5 Å². The molecule has 0 unspecified atom stereocenters. The van der Waals surface area contributed by atoms with E-state index in [1.54, 1.807) is 14.2 Å². The smallest absolute Gasteiger partial charge is 0.161 e. The second-order valence-corrected chi connectivity index (χ2v) is 10.3. The molecule has 200 valence electrons. The van der Waals surface area contributed by atoms with E-state index in [1.165, 1.54) is 11.1 Å². The molecule has 0 aliphatic carbocycles. The number of ether oxygens (including phenoxy) is 2. The van der Waals surface area contributed by atoms with E-state index >= 15 is 0 Å². The number of piperidine rings is 1. The largest absolute Gasteiger partial charge is 0.493 e. The van der Waals surface area contributed by atoms with Crippen LogP contribution in [0, 0.1) is 12.3 Å². The standard InChI is InChI=1S/C33H41N3O2/c1-6-29(27-15-11-8-12-16-27)33(23-26-13-9-7-10-14-26)17-19-36(20-18-33)25(3)35-32(34)28-22-31(38-5)30(37-4)21-24(28)2/h7-16,21-22,29H,3,6,17-20,23H2,1-2,4-5H3,(H2,34,35)/t29-/m0/s1. The molecule has 1 aliphatic rings. The molecular formula is C33H41N3O2. The summed E-state index contributed by atoms with van der Waals surface area (Å²) in [7, 11) is 3.25. The lowest BCUT2D eigenvalue weighted by Crippen LogP contribution is -2.44. The summed E-state index contributed by atoms with van der Waals surface area (Å²) in [6.07, 6.45) is 4.32. The van der Waals surface area contributed by atoms with E-state index in [2.05, 4.69) is 79.1 Å². The van der Waals surface area contributed by atoms with Crippen LogP contribution in [0.25, 0.3) is 0 Å². The van der Waals surface area contributed by atoms with E-state index < -0.39 is 0 Å². The maximum atomic E-state index is 6.49. The second kappa shape index (κ2) is 12.2. The fraction of sp³-hybridized carbons (Fsp3) is 0.364. The molecule has 0 saturated carbocycles. The van der Waals surface area contributed by atoms with Gasteiger partial charge in [-0.05, 0) is 72.8 Å². The third-order valence-electron chi connectivity index (χ3n) is 8.13. The predicted octanol–water partition coefficient (Wildman–Crippen LogP) is 6.71. The SMILES string of the molecule is C=C(/N=C(/N)c1cc(OC)c(OC)cc1C)N1CCC(Cc2ccccc2)([C@@H](CC)c2ccccc2)CC1. The van der Waals surface area contributed by atoms with Gasteiger partial charge in [-0.3, -0.25) is 0 Å². The van der Waals surface area contributed by atoms with E-state index in [9.17, 15) is 0 Å². The van der Waals surface area contributed by atoms with Gasteiger partial charge in [0.1, 0.15) is 11.7 Å². The summed E-state index contributed by atoms with van der Waals surface area (Å²) in [5.74, 6) is 2.94. The quantitative estimate of drug-likeness (QED) is 0.243. The molecule has 2 N–H and O–H groups in total. The summed E-state index contributed by atoms with van der Waals surface area (Å²) >= 11 is 0. The zero-order chi connectivity index (χ0) is 27.1. The van der Waals surface area contributed by atoms with Crippen molar-refractivity contribution in [3.63, 3.8) is 0 Å². The molecule has 5 nitrogen and oxygen atoms in total. The molecule has 0 amide bonds. The van der Waals surface area contributed by atoms with Gasteiger partial charge in [-0.1, -0.05) is 74.2 Å². The van der Waals surface area contributed by atoms with Crippen LogP contribution in [-0.2, 0) is 6.42 Å². The normalized spacial score (nSPS) is 16.1. The summed E-state index contributed by atoms with van der Waals surface area (Å²) < 4.78 is 10.9. The summed E-state index contributed by atoms with van der Waals surface area (Å²) in [5, 5.41) is 0. The third kappa shape index (κ3) is 5.88. The van der Waals surface area contributed by atoms with Crippen LogP contribution < -0.4 is 15.2 Å². The van der Waals surface area contributed by atoms with E-state index in [1.807, 2.05) is 19.1 Å². The number of likely N-dealkylation sites (tertiary alicyclic amines) is 1. The van der Waals surface area contributed by atoms with Gasteiger partial charge in [-0.2, -0.15) is 0 Å². The first kappa shape index (κ1) is 27.3. The highest BCUT2D eigenvalue weighted by atomic mass is 16.5. The number of methoxy groups -OCH3 is 2. The van der Waals surface area contributed by atoms with Gasteiger partial charge in [0.05, 0.1) is 14.2 Å². The molecule has 4 rings (SSSR count). The molecule has 1 atom stereocenters. The van der Waals surface area contributed by atoms with Crippen molar-refractivity contribution < 1.29 is 9.47 Å². The van der Waals surface area contributed by atoms with E-state index in [0.717, 1.165) is 49.9 Å². The maximum Gasteiger partial charge on any atom is 0.161 e. The van der Waals surface area contributed by atoms with Crippen molar-refractivity contribution in [3.05, 3.63) is 107 Å². The zero-order valence-electron chi connectivity index (χ0n) is 23.2. The van der Waals surface area contributed by atoms with E-state index in [-0.39, 0.29) is 5.41 Å². The number of amidine groups is 1. The van der Waals surface area contributed by atoms with Crippen LogP contribution in [0.2, 0.25) is 0 Å². The first-order valence-electron chi connectivity index (χ1n) is 13.5. The highest BCUT2D eigenvalue weighted by Gasteiger charge is 2.41. The van der Waals surface area contributed by atoms with Crippen molar-refractivity contribution in [2.75, 3.05) is 27.3 Å². The number of hydrogen-bond donors (Lipinski definition) is 1.